The molecule has 0 bridgehead atoms. The molecule has 54 heavy (non-hydrogen) atoms. The Morgan fingerprint density at radius 3 is 2.24 bits per heavy atom. The van der Waals surface area contributed by atoms with E-state index in [1.807, 2.05) is 6.92 Å². The number of ether oxygens (including phenoxy) is 5. The van der Waals surface area contributed by atoms with Crippen molar-refractivity contribution in [1.29, 1.82) is 0 Å². The maximum atomic E-state index is 13.8. The molecule has 9 unspecified atom stereocenters. The van der Waals surface area contributed by atoms with Crippen LogP contribution in [0.4, 0.5) is 0 Å². The van der Waals surface area contributed by atoms with E-state index in [0.29, 0.717) is 32.4 Å². The van der Waals surface area contributed by atoms with Crippen LogP contribution in [0.5, 0.6) is 0 Å². The lowest BCUT2D eigenvalue weighted by Gasteiger charge is -2.49. The van der Waals surface area contributed by atoms with E-state index in [2.05, 4.69) is 10.6 Å². The van der Waals surface area contributed by atoms with Gasteiger partial charge in [0.05, 0.1) is 24.9 Å². The van der Waals surface area contributed by atoms with Gasteiger partial charge in [0.25, 0.3) is 5.91 Å². The molecule has 0 aromatic carbocycles. The van der Waals surface area contributed by atoms with E-state index in [0.717, 1.165) is 38.5 Å². The number of aliphatic hydroxyl groups is 5. The number of nitrogens with zero attached hydrogens (tertiary/aromatic N) is 1. The highest BCUT2D eigenvalue weighted by Crippen LogP contribution is 2.40. The summed E-state index contributed by atoms with van der Waals surface area (Å²) in [4.78, 5) is 41.7. The summed E-state index contributed by atoms with van der Waals surface area (Å²) >= 11 is 0. The number of hydrogen-bond donors (Lipinski definition) is 8. The molecule has 2 aliphatic carbocycles. The molecule has 17 heteroatoms. The number of aliphatic hydroxyl groups excluding tert-OH is 5. The van der Waals surface area contributed by atoms with Crippen LogP contribution in [-0.4, -0.2) is 161 Å². The van der Waals surface area contributed by atoms with Crippen molar-refractivity contribution >= 4 is 17.7 Å². The van der Waals surface area contributed by atoms with Crippen LogP contribution in [0.25, 0.3) is 0 Å². The van der Waals surface area contributed by atoms with Crippen LogP contribution in [-0.2, 0) is 38.1 Å². The van der Waals surface area contributed by atoms with E-state index < -0.39 is 98.1 Å². The first-order chi connectivity index (χ1) is 25.9. The van der Waals surface area contributed by atoms with Crippen LogP contribution in [0.1, 0.15) is 85.0 Å². The third-order valence-electron chi connectivity index (χ3n) is 11.9. The van der Waals surface area contributed by atoms with Gasteiger partial charge < -0.3 is 70.5 Å². The molecule has 0 aromatic rings. The Morgan fingerprint density at radius 1 is 0.907 bits per heavy atom. The highest BCUT2D eigenvalue weighted by molar-refractivity contribution is 5.81. The van der Waals surface area contributed by atoms with Gasteiger partial charge in [0.1, 0.15) is 48.8 Å². The van der Waals surface area contributed by atoms with E-state index >= 15 is 0 Å². The summed E-state index contributed by atoms with van der Waals surface area (Å²) in [5.41, 5.74) is 5.66. The molecule has 5 rings (SSSR count). The van der Waals surface area contributed by atoms with Crippen LogP contribution < -0.4 is 16.4 Å². The number of amides is 3. The summed E-state index contributed by atoms with van der Waals surface area (Å²) in [5, 5.41) is 59.4. The first-order valence-corrected chi connectivity index (χ1v) is 20.0. The van der Waals surface area contributed by atoms with Crippen molar-refractivity contribution < 1.29 is 63.6 Å². The molecule has 3 heterocycles. The third-order valence-corrected chi connectivity index (χ3v) is 11.9. The summed E-state index contributed by atoms with van der Waals surface area (Å²) < 4.78 is 31.7. The fraction of sp³-hybridized carbons (Fsp3) is 0.919. The second kappa shape index (κ2) is 19.9. The molecule has 9 N–H and O–H groups in total. The number of carbonyl (C=O) groups is 3. The summed E-state index contributed by atoms with van der Waals surface area (Å²) in [6, 6.07) is -1.17. The van der Waals surface area contributed by atoms with Crippen molar-refractivity contribution in [3.63, 3.8) is 0 Å². The Morgan fingerprint density at radius 2 is 1.63 bits per heavy atom. The maximum absolute atomic E-state index is 13.8. The minimum absolute atomic E-state index is 0.101. The van der Waals surface area contributed by atoms with Gasteiger partial charge in [0, 0.05) is 39.0 Å². The van der Waals surface area contributed by atoms with Gasteiger partial charge in [0.15, 0.2) is 12.6 Å². The van der Waals surface area contributed by atoms with Crippen LogP contribution in [0.15, 0.2) is 0 Å². The average Bonchev–Trinajstić information content (AvgIpc) is 3.13. The molecule has 0 aromatic heterocycles. The summed E-state index contributed by atoms with van der Waals surface area (Å²) in [5.74, 6) is -1.56. The smallest absolute Gasteiger partial charge is 0.251 e. The normalized spacial score (nSPS) is 39.7. The van der Waals surface area contributed by atoms with Crippen molar-refractivity contribution in [3.8, 4) is 0 Å². The summed E-state index contributed by atoms with van der Waals surface area (Å²) in [6.07, 6.45) is -7.25. The fourth-order valence-electron chi connectivity index (χ4n) is 8.66. The number of rotatable bonds is 15. The van der Waals surface area contributed by atoms with Crippen LogP contribution in [0, 0.1) is 17.8 Å². The fourth-order valence-corrected chi connectivity index (χ4v) is 8.66. The Labute approximate surface area is 317 Å². The SMILES string of the molecule is CCC1CC(C(=O)NCCN)C[C@@H](O[C@@H]2OC(CO)[C@H](O)C(O[C@@H](CC3CCCCC3)C(=O)N3CCC3)C2NC(C)=O)C1O[C@@H]1OC(C)[C@@H](O)C(O)C1O. The number of carbonyl (C=O) groups excluding carboxylic acids is 3. The zero-order valence-electron chi connectivity index (χ0n) is 31.9. The first kappa shape index (κ1) is 43.1. The van der Waals surface area contributed by atoms with Crippen molar-refractivity contribution in [3.05, 3.63) is 0 Å². The monoisotopic (exact) mass is 772 g/mol. The van der Waals surface area contributed by atoms with Gasteiger partial charge in [-0.2, -0.15) is 0 Å². The third kappa shape index (κ3) is 10.3. The van der Waals surface area contributed by atoms with Gasteiger partial charge in [0.2, 0.25) is 11.8 Å². The van der Waals surface area contributed by atoms with E-state index in [4.69, 9.17) is 29.4 Å². The quantitative estimate of drug-likeness (QED) is 0.0958. The number of nitrogens with two attached hydrogens (primary N) is 1. The van der Waals surface area contributed by atoms with E-state index in [1.165, 1.54) is 6.92 Å². The first-order valence-electron chi connectivity index (χ1n) is 20.0. The number of nitrogens with one attached hydrogen (secondary N) is 2. The molecule has 17 nitrogen and oxygen atoms in total. The molecule has 0 radical (unpaired) electrons. The highest BCUT2D eigenvalue weighted by Gasteiger charge is 2.53. The van der Waals surface area contributed by atoms with Crippen LogP contribution >= 0.6 is 0 Å². The van der Waals surface area contributed by atoms with Crippen molar-refractivity contribution in [1.82, 2.24) is 15.5 Å². The van der Waals surface area contributed by atoms with E-state index in [9.17, 15) is 39.9 Å². The summed E-state index contributed by atoms with van der Waals surface area (Å²) in [7, 11) is 0. The zero-order chi connectivity index (χ0) is 39.1. The minimum Gasteiger partial charge on any atom is -0.394 e. The summed E-state index contributed by atoms with van der Waals surface area (Å²) in [6.45, 7) is 5.85. The molecular weight excluding hydrogens is 708 g/mol. The molecule has 2 saturated carbocycles. The maximum Gasteiger partial charge on any atom is 0.251 e. The van der Waals surface area contributed by atoms with E-state index in [1.54, 1.807) is 11.8 Å². The molecule has 5 fully saturated rings. The molecule has 0 spiro atoms. The highest BCUT2D eigenvalue weighted by atomic mass is 16.7. The lowest BCUT2D eigenvalue weighted by molar-refractivity contribution is -0.338. The average molecular weight is 773 g/mol. The van der Waals surface area contributed by atoms with Crippen LogP contribution in [0.2, 0.25) is 0 Å². The van der Waals surface area contributed by atoms with Crippen molar-refractivity contribution in [2.45, 2.75) is 165 Å². The predicted molar refractivity (Wildman–Crippen MR) is 191 cm³/mol. The molecule has 310 valence electrons. The largest absolute Gasteiger partial charge is 0.394 e. The molecule has 15 atom stereocenters. The predicted octanol–water partition coefficient (Wildman–Crippen LogP) is -1.37. The second-order valence-electron chi connectivity index (χ2n) is 15.8. The molecule has 3 amide bonds. The molecular formula is C37H64N4O13. The topological polar surface area (TPSA) is 252 Å². The van der Waals surface area contributed by atoms with Gasteiger partial charge in [-0.1, -0.05) is 45.4 Å². The lowest BCUT2D eigenvalue weighted by Crippen LogP contribution is -2.67. The standard InChI is InChI=1S/C37H64N4O13/c1-4-22-16-23(34(48)39-12-11-38)17-24(32(22)54-37-31(47)30(46)28(44)19(2)50-37)52-36-27(40-20(3)43)33(29(45)26(18-42)53-36)51-25(35(49)41-13-8-14-41)15-21-9-6-5-7-10-21/h19,21-33,36-37,42,44-47H,4-18,38H2,1-3H3,(H,39,48)(H,40,43)/t19?,22?,23?,24-,25+,26?,27?,28-,29+,30?,31?,32?,33?,36-,37+/m1/s1. The van der Waals surface area contributed by atoms with Crippen molar-refractivity contribution in [2.75, 3.05) is 32.8 Å². The van der Waals surface area contributed by atoms with Gasteiger partial charge in [-0.15, -0.1) is 0 Å². The number of hydrogen-bond acceptors (Lipinski definition) is 14. The second-order valence-corrected chi connectivity index (χ2v) is 15.8. The Bertz CT molecular complexity index is 1220. The Hall–Kier alpha value is -2.03. The van der Waals surface area contributed by atoms with Crippen LogP contribution in [0.3, 0.4) is 0 Å². The lowest BCUT2D eigenvalue weighted by atomic mass is 9.75. The molecule has 3 aliphatic heterocycles. The Balaban J connectivity index is 1.46. The van der Waals surface area contributed by atoms with E-state index in [-0.39, 0.29) is 43.2 Å². The van der Waals surface area contributed by atoms with Gasteiger partial charge in [-0.3, -0.25) is 14.4 Å². The van der Waals surface area contributed by atoms with Gasteiger partial charge >= 0.3 is 0 Å². The molecule has 3 saturated heterocycles. The minimum atomic E-state index is -1.60. The van der Waals surface area contributed by atoms with Crippen molar-refractivity contribution in [2.24, 2.45) is 23.5 Å². The van der Waals surface area contributed by atoms with Gasteiger partial charge in [-0.05, 0) is 44.4 Å². The Kier molecular flexibility index (Phi) is 15.9. The van der Waals surface area contributed by atoms with Gasteiger partial charge in [-0.25, -0.2) is 0 Å². The zero-order valence-corrected chi connectivity index (χ0v) is 31.9. The number of likely N-dealkylation sites (tertiary alicyclic amines) is 1. The molecule has 5 aliphatic rings.